The molecule has 6 heteroatoms. The van der Waals surface area contributed by atoms with Crippen molar-refractivity contribution in [1.82, 2.24) is 9.78 Å². The topological polar surface area (TPSA) is 85.3 Å². The molecule has 2 heterocycles. The maximum atomic E-state index is 11.5. The van der Waals surface area contributed by atoms with Gasteiger partial charge in [0.1, 0.15) is 18.1 Å². The molecule has 0 amide bonds. The Morgan fingerprint density at radius 2 is 2.18 bits per heavy atom. The van der Waals surface area contributed by atoms with Crippen molar-refractivity contribution in [2.75, 3.05) is 0 Å². The summed E-state index contributed by atoms with van der Waals surface area (Å²) in [6.07, 6.45) is 0. The second-order valence-corrected chi connectivity index (χ2v) is 3.53. The van der Waals surface area contributed by atoms with Crippen molar-refractivity contribution >= 4 is 5.97 Å². The molecular formula is C11H10N2O4. The second kappa shape index (κ2) is 4.25. The number of hydrogen-bond acceptors (Lipinski definition) is 4. The molecule has 0 aromatic carbocycles. The molecule has 0 aliphatic carbocycles. The van der Waals surface area contributed by atoms with E-state index in [1.165, 1.54) is 12.1 Å². The van der Waals surface area contributed by atoms with Crippen LogP contribution in [0.3, 0.4) is 0 Å². The first-order valence-electron chi connectivity index (χ1n) is 4.93. The highest BCUT2D eigenvalue weighted by molar-refractivity contribution is 5.84. The van der Waals surface area contributed by atoms with Crippen LogP contribution in [0.4, 0.5) is 0 Å². The highest BCUT2D eigenvalue weighted by atomic mass is 16.4. The van der Waals surface area contributed by atoms with Gasteiger partial charge in [-0.1, -0.05) is 0 Å². The van der Waals surface area contributed by atoms with E-state index in [-0.39, 0.29) is 17.8 Å². The highest BCUT2D eigenvalue weighted by Gasteiger charge is 2.08. The molecular weight excluding hydrogens is 224 g/mol. The van der Waals surface area contributed by atoms with E-state index in [9.17, 15) is 9.59 Å². The van der Waals surface area contributed by atoms with Gasteiger partial charge in [-0.15, -0.1) is 0 Å². The average molecular weight is 234 g/mol. The number of aromatic carboxylic acids is 1. The van der Waals surface area contributed by atoms with E-state index in [2.05, 4.69) is 5.10 Å². The molecule has 2 aromatic rings. The van der Waals surface area contributed by atoms with E-state index in [1.807, 2.05) is 0 Å². The van der Waals surface area contributed by atoms with Gasteiger partial charge in [-0.3, -0.25) is 4.79 Å². The minimum Gasteiger partial charge on any atom is -0.476 e. The van der Waals surface area contributed by atoms with E-state index >= 15 is 0 Å². The molecule has 6 nitrogen and oxygen atoms in total. The van der Waals surface area contributed by atoms with Gasteiger partial charge in [0.2, 0.25) is 0 Å². The van der Waals surface area contributed by atoms with Crippen molar-refractivity contribution in [3.63, 3.8) is 0 Å². The van der Waals surface area contributed by atoms with Crippen molar-refractivity contribution < 1.29 is 14.3 Å². The maximum absolute atomic E-state index is 11.5. The van der Waals surface area contributed by atoms with E-state index in [4.69, 9.17) is 9.52 Å². The first kappa shape index (κ1) is 11.1. The molecule has 0 aliphatic rings. The van der Waals surface area contributed by atoms with Crippen LogP contribution in [0.1, 0.15) is 22.0 Å². The van der Waals surface area contributed by atoms with Crippen LogP contribution in [0.15, 0.2) is 33.5 Å². The average Bonchev–Trinajstić information content (AvgIpc) is 2.67. The molecule has 0 saturated heterocycles. The first-order valence-corrected chi connectivity index (χ1v) is 4.93. The zero-order valence-corrected chi connectivity index (χ0v) is 9.08. The Balaban J connectivity index is 2.35. The Hall–Kier alpha value is -2.37. The van der Waals surface area contributed by atoms with Gasteiger partial charge < -0.3 is 9.52 Å². The summed E-state index contributed by atoms with van der Waals surface area (Å²) in [7, 11) is 0. The molecule has 0 spiro atoms. The molecule has 17 heavy (non-hydrogen) atoms. The van der Waals surface area contributed by atoms with Crippen LogP contribution in [0, 0.1) is 6.92 Å². The predicted molar refractivity (Wildman–Crippen MR) is 58.0 cm³/mol. The van der Waals surface area contributed by atoms with Crippen LogP contribution in [-0.4, -0.2) is 20.9 Å². The summed E-state index contributed by atoms with van der Waals surface area (Å²) < 4.78 is 6.35. The summed E-state index contributed by atoms with van der Waals surface area (Å²) in [4.78, 5) is 22.2. The largest absolute Gasteiger partial charge is 0.476 e. The monoisotopic (exact) mass is 234 g/mol. The lowest BCUT2D eigenvalue weighted by Gasteiger charge is -2.02. The molecule has 0 unspecified atom stereocenters. The number of furan rings is 1. The number of carbonyl (C=O) groups is 1. The van der Waals surface area contributed by atoms with Gasteiger partial charge in [0.25, 0.3) is 5.56 Å². The summed E-state index contributed by atoms with van der Waals surface area (Å²) in [6.45, 7) is 1.90. The summed E-state index contributed by atoms with van der Waals surface area (Å²) >= 11 is 0. The molecule has 1 N–H and O–H groups in total. The van der Waals surface area contributed by atoms with Crippen molar-refractivity contribution in [3.8, 4) is 0 Å². The van der Waals surface area contributed by atoms with E-state index in [0.29, 0.717) is 5.76 Å². The summed E-state index contributed by atoms with van der Waals surface area (Å²) in [5.41, 5.74) is -0.545. The lowest BCUT2D eigenvalue weighted by atomic mass is 10.4. The molecule has 0 radical (unpaired) electrons. The predicted octanol–water partition coefficient (Wildman–Crippen LogP) is 0.891. The summed E-state index contributed by atoms with van der Waals surface area (Å²) in [5.74, 6) is 0.108. The Labute approximate surface area is 96.1 Å². The molecule has 0 saturated carbocycles. The van der Waals surface area contributed by atoms with Crippen molar-refractivity contribution in [2.45, 2.75) is 13.5 Å². The quantitative estimate of drug-likeness (QED) is 0.852. The number of hydrogen-bond donors (Lipinski definition) is 1. The highest BCUT2D eigenvalue weighted by Crippen LogP contribution is 2.06. The standard InChI is InChI=1S/C11H10N2O4/c1-7-2-3-8(17-7)6-13-10(14)5-4-9(12-13)11(15)16/h2-5H,6H2,1H3,(H,15,16). The van der Waals surface area contributed by atoms with E-state index in [1.54, 1.807) is 19.1 Å². The lowest BCUT2D eigenvalue weighted by Crippen LogP contribution is -2.24. The summed E-state index contributed by atoms with van der Waals surface area (Å²) in [6, 6.07) is 5.83. The molecule has 0 aliphatic heterocycles. The number of rotatable bonds is 3. The van der Waals surface area contributed by atoms with Crippen LogP contribution >= 0.6 is 0 Å². The van der Waals surface area contributed by atoms with Gasteiger partial charge in [0.05, 0.1) is 0 Å². The van der Waals surface area contributed by atoms with Crippen LogP contribution in [0.2, 0.25) is 0 Å². The Morgan fingerprint density at radius 3 is 2.76 bits per heavy atom. The Kier molecular flexibility index (Phi) is 2.78. The smallest absolute Gasteiger partial charge is 0.356 e. The molecule has 0 atom stereocenters. The molecule has 88 valence electrons. The third kappa shape index (κ3) is 2.41. The zero-order chi connectivity index (χ0) is 12.4. The minimum absolute atomic E-state index is 0.119. The van der Waals surface area contributed by atoms with Gasteiger partial charge in [-0.25, -0.2) is 9.48 Å². The fourth-order valence-electron chi connectivity index (χ4n) is 1.39. The van der Waals surface area contributed by atoms with Gasteiger partial charge >= 0.3 is 5.97 Å². The third-order valence-electron chi connectivity index (χ3n) is 2.19. The van der Waals surface area contributed by atoms with E-state index < -0.39 is 5.97 Å². The van der Waals surface area contributed by atoms with Crippen molar-refractivity contribution in [1.29, 1.82) is 0 Å². The Bertz CT molecular complexity index is 612. The number of aryl methyl sites for hydroxylation is 1. The number of carboxylic acids is 1. The maximum Gasteiger partial charge on any atom is 0.356 e. The van der Waals surface area contributed by atoms with Crippen LogP contribution in [0.25, 0.3) is 0 Å². The Morgan fingerprint density at radius 1 is 1.41 bits per heavy atom. The summed E-state index contributed by atoms with van der Waals surface area (Å²) in [5, 5.41) is 12.5. The molecule has 2 rings (SSSR count). The third-order valence-corrected chi connectivity index (χ3v) is 2.19. The van der Waals surface area contributed by atoms with Gasteiger partial charge in [-0.2, -0.15) is 5.10 Å². The van der Waals surface area contributed by atoms with Crippen molar-refractivity contribution in [3.05, 3.63) is 51.8 Å². The lowest BCUT2D eigenvalue weighted by molar-refractivity contribution is 0.0687. The number of aromatic nitrogens is 2. The fourth-order valence-corrected chi connectivity index (χ4v) is 1.39. The molecule has 0 fully saturated rings. The van der Waals surface area contributed by atoms with Gasteiger partial charge in [0, 0.05) is 6.07 Å². The minimum atomic E-state index is -1.17. The SMILES string of the molecule is Cc1ccc(Cn2nc(C(=O)O)ccc2=O)o1. The fraction of sp³-hybridized carbons (Fsp3) is 0.182. The first-order chi connectivity index (χ1) is 8.06. The molecule has 0 bridgehead atoms. The van der Waals surface area contributed by atoms with E-state index in [0.717, 1.165) is 10.4 Å². The van der Waals surface area contributed by atoms with Gasteiger partial charge in [0.15, 0.2) is 5.69 Å². The number of carboxylic acid groups (broad SMARTS) is 1. The normalized spacial score (nSPS) is 10.4. The van der Waals surface area contributed by atoms with Crippen LogP contribution in [0.5, 0.6) is 0 Å². The molecule has 2 aromatic heterocycles. The van der Waals surface area contributed by atoms with Crippen LogP contribution < -0.4 is 5.56 Å². The second-order valence-electron chi connectivity index (χ2n) is 3.53. The van der Waals surface area contributed by atoms with Crippen molar-refractivity contribution in [2.24, 2.45) is 0 Å². The van der Waals surface area contributed by atoms with Crippen LogP contribution in [-0.2, 0) is 6.54 Å². The zero-order valence-electron chi connectivity index (χ0n) is 9.08. The van der Waals surface area contributed by atoms with Gasteiger partial charge in [-0.05, 0) is 25.1 Å². The number of nitrogens with zero attached hydrogens (tertiary/aromatic N) is 2.